The van der Waals surface area contributed by atoms with Gasteiger partial charge in [0, 0.05) is 25.0 Å². The van der Waals surface area contributed by atoms with Crippen molar-refractivity contribution in [3.05, 3.63) is 35.3 Å². The number of amides is 2. The highest BCUT2D eigenvalue weighted by Crippen LogP contribution is 2.21. The molecular weight excluding hydrogens is 312 g/mol. The monoisotopic (exact) mass is 328 g/mol. The molecule has 0 aliphatic carbocycles. The van der Waals surface area contributed by atoms with Gasteiger partial charge in [-0.3, -0.25) is 14.3 Å². The van der Waals surface area contributed by atoms with Crippen molar-refractivity contribution in [2.24, 2.45) is 7.05 Å². The first-order chi connectivity index (χ1) is 11.4. The van der Waals surface area contributed by atoms with Gasteiger partial charge < -0.3 is 15.2 Å². The Hall–Kier alpha value is -3.23. The summed E-state index contributed by atoms with van der Waals surface area (Å²) >= 11 is 0. The Bertz CT molecular complexity index is 927. The second-order valence-corrected chi connectivity index (χ2v) is 5.36. The Labute approximate surface area is 137 Å². The number of carbonyl (C=O) groups is 2. The van der Waals surface area contributed by atoms with E-state index in [1.165, 1.54) is 0 Å². The molecule has 3 aromatic heterocycles. The van der Waals surface area contributed by atoms with Crippen molar-refractivity contribution in [2.75, 3.05) is 11.9 Å². The van der Waals surface area contributed by atoms with Gasteiger partial charge in [-0.25, -0.2) is 4.98 Å². The zero-order valence-electron chi connectivity index (χ0n) is 13.5. The van der Waals surface area contributed by atoms with Crippen LogP contribution in [-0.4, -0.2) is 38.3 Å². The van der Waals surface area contributed by atoms with Crippen molar-refractivity contribution in [3.63, 3.8) is 0 Å². The molecule has 0 spiro atoms. The third-order valence-corrected chi connectivity index (χ3v) is 3.38. The molecule has 9 nitrogen and oxygen atoms in total. The van der Waals surface area contributed by atoms with Crippen LogP contribution in [0.2, 0.25) is 0 Å². The molecule has 3 heterocycles. The van der Waals surface area contributed by atoms with E-state index in [-0.39, 0.29) is 12.5 Å². The quantitative estimate of drug-likeness (QED) is 0.736. The average Bonchev–Trinajstić information content (AvgIpc) is 3.10. The second kappa shape index (κ2) is 6.11. The summed E-state index contributed by atoms with van der Waals surface area (Å²) in [6.45, 7) is 3.30. The maximum atomic E-state index is 12.4. The molecule has 24 heavy (non-hydrogen) atoms. The van der Waals surface area contributed by atoms with Crippen LogP contribution in [0.4, 0.5) is 5.82 Å². The Balaban J connectivity index is 1.71. The third kappa shape index (κ3) is 3.09. The van der Waals surface area contributed by atoms with Gasteiger partial charge in [0.2, 0.25) is 5.91 Å². The number of aromatic nitrogens is 4. The van der Waals surface area contributed by atoms with Crippen LogP contribution < -0.4 is 10.6 Å². The van der Waals surface area contributed by atoms with E-state index in [1.807, 2.05) is 0 Å². The van der Waals surface area contributed by atoms with Crippen LogP contribution in [0.5, 0.6) is 0 Å². The molecule has 0 unspecified atom stereocenters. The number of hydrogen-bond acceptors (Lipinski definition) is 6. The van der Waals surface area contributed by atoms with Crippen molar-refractivity contribution in [2.45, 2.75) is 13.8 Å². The lowest BCUT2D eigenvalue weighted by Crippen LogP contribution is -2.33. The second-order valence-electron chi connectivity index (χ2n) is 5.36. The van der Waals surface area contributed by atoms with Gasteiger partial charge in [-0.1, -0.05) is 5.16 Å². The summed E-state index contributed by atoms with van der Waals surface area (Å²) in [7, 11) is 1.75. The molecule has 9 heteroatoms. The number of rotatable bonds is 4. The summed E-state index contributed by atoms with van der Waals surface area (Å²) in [5, 5.41) is 13.6. The van der Waals surface area contributed by atoms with Crippen LogP contribution in [0.25, 0.3) is 11.1 Å². The molecule has 0 aromatic carbocycles. The number of pyridine rings is 1. The highest BCUT2D eigenvalue weighted by Gasteiger charge is 2.18. The smallest absolute Gasteiger partial charge is 0.258 e. The highest BCUT2D eigenvalue weighted by atomic mass is 16.5. The molecule has 124 valence electrons. The topological polar surface area (TPSA) is 115 Å². The van der Waals surface area contributed by atoms with Gasteiger partial charge in [0.1, 0.15) is 0 Å². The number of nitrogens with one attached hydrogen (secondary N) is 2. The van der Waals surface area contributed by atoms with Gasteiger partial charge in [0.05, 0.1) is 23.2 Å². The molecule has 3 rings (SSSR count). The maximum absolute atomic E-state index is 12.4. The van der Waals surface area contributed by atoms with Gasteiger partial charge >= 0.3 is 0 Å². The fourth-order valence-corrected chi connectivity index (χ4v) is 2.32. The molecule has 2 N–H and O–H groups in total. The lowest BCUT2D eigenvalue weighted by molar-refractivity contribution is -0.115. The normalized spacial score (nSPS) is 10.8. The van der Waals surface area contributed by atoms with Crippen molar-refractivity contribution >= 4 is 28.7 Å². The van der Waals surface area contributed by atoms with Gasteiger partial charge in [-0.15, -0.1) is 0 Å². The number of anilines is 1. The average molecular weight is 328 g/mol. The molecule has 0 fully saturated rings. The summed E-state index contributed by atoms with van der Waals surface area (Å²) in [5.41, 5.74) is 1.87. The zero-order chi connectivity index (χ0) is 17.3. The van der Waals surface area contributed by atoms with Crippen LogP contribution in [-0.2, 0) is 11.8 Å². The fourth-order valence-electron chi connectivity index (χ4n) is 2.32. The minimum Gasteiger partial charge on any atom is -0.343 e. The maximum Gasteiger partial charge on any atom is 0.258 e. The van der Waals surface area contributed by atoms with Gasteiger partial charge in [0.25, 0.3) is 11.6 Å². The fraction of sp³-hybridized carbons (Fsp3) is 0.267. The van der Waals surface area contributed by atoms with Crippen LogP contribution in [0, 0.1) is 13.8 Å². The summed E-state index contributed by atoms with van der Waals surface area (Å²) in [4.78, 5) is 28.5. The standard InChI is InChI=1S/C15H16N6O3/c1-8-6-10(13-9(2)20-24-15(13)17-8)14(23)16-7-12(22)18-11-4-5-21(3)19-11/h4-6H,7H2,1-3H3,(H,16,23)(H,18,19,22). The van der Waals surface area contributed by atoms with E-state index in [2.05, 4.69) is 25.9 Å². The number of nitrogens with zero attached hydrogens (tertiary/aromatic N) is 4. The van der Waals surface area contributed by atoms with E-state index in [0.717, 1.165) is 0 Å². The molecule has 0 bridgehead atoms. The van der Waals surface area contributed by atoms with E-state index >= 15 is 0 Å². The van der Waals surface area contributed by atoms with E-state index in [1.54, 1.807) is 43.9 Å². The minimum absolute atomic E-state index is 0.178. The van der Waals surface area contributed by atoms with Crippen LogP contribution in [0.3, 0.4) is 0 Å². The third-order valence-electron chi connectivity index (χ3n) is 3.38. The van der Waals surface area contributed by atoms with E-state index in [0.29, 0.717) is 33.9 Å². The Kier molecular flexibility index (Phi) is 3.98. The van der Waals surface area contributed by atoms with Gasteiger partial charge in [0.15, 0.2) is 5.82 Å². The molecule has 0 radical (unpaired) electrons. The Morgan fingerprint density at radius 3 is 2.83 bits per heavy atom. The lowest BCUT2D eigenvalue weighted by Gasteiger charge is -2.07. The van der Waals surface area contributed by atoms with Crippen LogP contribution >= 0.6 is 0 Å². The van der Waals surface area contributed by atoms with Gasteiger partial charge in [-0.05, 0) is 19.9 Å². The summed E-state index contributed by atoms with van der Waals surface area (Å²) in [5.74, 6) is -0.340. The minimum atomic E-state index is -0.395. The van der Waals surface area contributed by atoms with E-state index in [4.69, 9.17) is 4.52 Å². The molecule has 2 amide bonds. The van der Waals surface area contributed by atoms with E-state index < -0.39 is 5.91 Å². The van der Waals surface area contributed by atoms with Crippen LogP contribution in [0.1, 0.15) is 21.7 Å². The number of carbonyl (C=O) groups excluding carboxylic acids is 2. The molecule has 0 saturated heterocycles. The molecular formula is C15H16N6O3. The predicted molar refractivity (Wildman–Crippen MR) is 85.4 cm³/mol. The highest BCUT2D eigenvalue weighted by molar-refractivity contribution is 6.07. The Morgan fingerprint density at radius 2 is 2.12 bits per heavy atom. The lowest BCUT2D eigenvalue weighted by atomic mass is 10.1. The summed E-state index contributed by atoms with van der Waals surface area (Å²) in [6, 6.07) is 3.30. The largest absolute Gasteiger partial charge is 0.343 e. The van der Waals surface area contributed by atoms with Crippen molar-refractivity contribution in [3.8, 4) is 0 Å². The molecule has 0 aliphatic heterocycles. The van der Waals surface area contributed by atoms with E-state index in [9.17, 15) is 9.59 Å². The summed E-state index contributed by atoms with van der Waals surface area (Å²) in [6.07, 6.45) is 1.71. The van der Waals surface area contributed by atoms with Crippen LogP contribution in [0.15, 0.2) is 22.9 Å². The predicted octanol–water partition coefficient (Wildman–Crippen LogP) is 0.942. The molecule has 3 aromatic rings. The first kappa shape index (κ1) is 15.7. The van der Waals surface area contributed by atoms with Crippen molar-refractivity contribution in [1.29, 1.82) is 0 Å². The number of fused-ring (bicyclic) bond motifs is 1. The first-order valence-electron chi connectivity index (χ1n) is 7.25. The van der Waals surface area contributed by atoms with Crippen molar-refractivity contribution < 1.29 is 14.1 Å². The number of aryl methyl sites for hydroxylation is 3. The summed E-state index contributed by atoms with van der Waals surface area (Å²) < 4.78 is 6.67. The molecule has 0 atom stereocenters. The molecule has 0 saturated carbocycles. The van der Waals surface area contributed by atoms with Gasteiger partial charge in [-0.2, -0.15) is 5.10 Å². The Morgan fingerprint density at radius 1 is 1.33 bits per heavy atom. The number of hydrogen-bond donors (Lipinski definition) is 2. The van der Waals surface area contributed by atoms with Crippen molar-refractivity contribution in [1.82, 2.24) is 25.2 Å². The zero-order valence-corrected chi connectivity index (χ0v) is 13.5. The first-order valence-corrected chi connectivity index (χ1v) is 7.25. The molecule has 0 aliphatic rings. The SMILES string of the molecule is Cc1cc(C(=O)NCC(=O)Nc2ccn(C)n2)c2c(C)noc2n1.